The van der Waals surface area contributed by atoms with Crippen molar-refractivity contribution in [2.24, 2.45) is 0 Å². The summed E-state index contributed by atoms with van der Waals surface area (Å²) >= 11 is 1.70. The van der Waals surface area contributed by atoms with Gasteiger partial charge in [-0.3, -0.25) is 4.79 Å². The summed E-state index contributed by atoms with van der Waals surface area (Å²) in [5, 5.41) is 1.69. The van der Waals surface area contributed by atoms with E-state index in [1.54, 1.807) is 11.3 Å². The van der Waals surface area contributed by atoms with E-state index in [4.69, 9.17) is 0 Å². The highest BCUT2D eigenvalue weighted by atomic mass is 32.1. The molecule has 4 heteroatoms. The Balaban J connectivity index is 0.000000168. The first-order valence-corrected chi connectivity index (χ1v) is 17.9. The van der Waals surface area contributed by atoms with Crippen molar-refractivity contribution < 1.29 is 4.48 Å². The van der Waals surface area contributed by atoms with Crippen molar-refractivity contribution in [1.82, 2.24) is 0 Å². The third-order valence-corrected chi connectivity index (χ3v) is 11.8. The quantitative estimate of drug-likeness (QED) is 0.0930. The Labute approximate surface area is 289 Å². The molecule has 0 saturated carbocycles. The maximum absolute atomic E-state index is 12.9. The zero-order valence-corrected chi connectivity index (χ0v) is 29.2. The van der Waals surface area contributed by atoms with Crippen LogP contribution in [0.5, 0.6) is 0 Å². The average Bonchev–Trinajstić information content (AvgIpc) is 3.16. The highest BCUT2D eigenvalue weighted by Crippen LogP contribution is 2.31. The molecule has 1 atom stereocenters. The van der Waals surface area contributed by atoms with E-state index in [-0.39, 0.29) is 5.43 Å². The van der Waals surface area contributed by atoms with Crippen LogP contribution < -0.4 is 27.3 Å². The Hall–Kier alpha value is -4.77. The van der Waals surface area contributed by atoms with Gasteiger partial charge in [0.2, 0.25) is 0 Å². The van der Waals surface area contributed by atoms with Crippen LogP contribution >= 0.6 is 11.3 Å². The Morgan fingerprint density at radius 2 is 0.938 bits per heavy atom. The van der Waals surface area contributed by atoms with Crippen molar-refractivity contribution in [3.05, 3.63) is 180 Å². The fraction of sp³-hybridized carbons (Fsp3) is 0.159. The van der Waals surface area contributed by atoms with Crippen LogP contribution in [0.3, 0.4) is 0 Å². The lowest BCUT2D eigenvalue weighted by atomic mass is 9.13. The molecular weight excluding hydrogens is 601 g/mol. The molecule has 48 heavy (non-hydrogen) atoms. The molecule has 0 aliphatic heterocycles. The van der Waals surface area contributed by atoms with E-state index in [9.17, 15) is 4.79 Å². The van der Waals surface area contributed by atoms with Crippen molar-refractivity contribution in [2.45, 2.75) is 26.8 Å². The van der Waals surface area contributed by atoms with Crippen LogP contribution in [-0.4, -0.2) is 30.8 Å². The van der Waals surface area contributed by atoms with Gasteiger partial charge in [-0.25, -0.2) is 0 Å². The topological polar surface area (TPSA) is 17.1 Å². The Bertz CT molecular complexity index is 1980. The average molecular weight is 646 g/mol. The summed E-state index contributed by atoms with van der Waals surface area (Å²) in [6.45, 7) is 8.90. The summed E-state index contributed by atoms with van der Waals surface area (Å²) in [6.07, 6.45) is -1.22. The standard InChI is InChI=1S/C24H20B.C20H24NOS/c1-5-13-21(14-6-1)25(22-15-7-2-8-16-22,23-17-9-3-10-18-23)24-19-11-4-12-20-24;1-5-21(4,6-2)14(3)15-11-12-19-17(13-15)20(22)16-9-7-8-10-18(16)23-19/h1-20H;7-14H,5-6H2,1-4H3/q-1;+1. The van der Waals surface area contributed by atoms with Crippen LogP contribution in [-0.2, 0) is 0 Å². The number of nitrogens with zero attached hydrogens (tertiary/aromatic N) is 1. The third kappa shape index (κ3) is 6.26. The number of quaternary nitrogens is 1. The normalized spacial score (nSPS) is 12.3. The molecule has 7 aromatic rings. The van der Waals surface area contributed by atoms with Crippen LogP contribution in [0.4, 0.5) is 0 Å². The van der Waals surface area contributed by atoms with Gasteiger partial charge in [0.1, 0.15) is 12.2 Å². The predicted octanol–water partition coefficient (Wildman–Crippen LogP) is 8.03. The van der Waals surface area contributed by atoms with Crippen molar-refractivity contribution in [1.29, 1.82) is 0 Å². The smallest absolute Gasteiger partial charge is 0.195 e. The SMILES string of the molecule is CC[N+](C)(CC)C(C)c1ccc2sc3ccccc3c(=O)c2c1.c1ccc([B-](c2ccccc2)(c2ccccc2)c2ccccc2)cc1. The number of hydrogen-bond acceptors (Lipinski definition) is 2. The molecule has 0 aliphatic rings. The summed E-state index contributed by atoms with van der Waals surface area (Å²) in [7, 11) is 2.29. The van der Waals surface area contributed by atoms with Gasteiger partial charge in [0.15, 0.2) is 5.43 Å². The number of hydrogen-bond donors (Lipinski definition) is 0. The molecule has 0 N–H and O–H groups in total. The summed E-state index contributed by atoms with van der Waals surface area (Å²) in [4.78, 5) is 12.9. The second-order valence-corrected chi connectivity index (χ2v) is 14.1. The van der Waals surface area contributed by atoms with Crippen molar-refractivity contribution >= 4 is 59.5 Å². The Kier molecular flexibility index (Phi) is 10.1. The molecule has 0 amide bonds. The third-order valence-electron chi connectivity index (χ3n) is 10.7. The molecule has 7 rings (SSSR count). The molecule has 0 aliphatic carbocycles. The maximum atomic E-state index is 12.9. The molecule has 0 spiro atoms. The molecule has 0 saturated heterocycles. The molecule has 0 fully saturated rings. The minimum absolute atomic E-state index is 0.158. The van der Waals surface area contributed by atoms with E-state index in [1.165, 1.54) is 27.4 Å². The molecular formula is C44H44BNOS. The van der Waals surface area contributed by atoms with Crippen LogP contribution in [0.25, 0.3) is 20.2 Å². The summed E-state index contributed by atoms with van der Waals surface area (Å²) < 4.78 is 3.12. The number of benzene rings is 6. The first-order chi connectivity index (χ1) is 23.4. The van der Waals surface area contributed by atoms with Crippen LogP contribution in [0.2, 0.25) is 0 Å². The molecule has 2 nitrogen and oxygen atoms in total. The van der Waals surface area contributed by atoms with Crippen LogP contribution in [0.1, 0.15) is 32.4 Å². The van der Waals surface area contributed by atoms with E-state index < -0.39 is 6.15 Å². The van der Waals surface area contributed by atoms with Crippen molar-refractivity contribution in [3.63, 3.8) is 0 Å². The van der Waals surface area contributed by atoms with Gasteiger partial charge in [0.25, 0.3) is 0 Å². The lowest BCUT2D eigenvalue weighted by Gasteiger charge is -2.44. The number of rotatable bonds is 8. The fourth-order valence-corrected chi connectivity index (χ4v) is 8.39. The fourth-order valence-electron chi connectivity index (χ4n) is 7.33. The second-order valence-electron chi connectivity index (χ2n) is 13.0. The lowest BCUT2D eigenvalue weighted by molar-refractivity contribution is -0.934. The first-order valence-electron chi connectivity index (χ1n) is 17.1. The Morgan fingerprint density at radius 1 is 0.542 bits per heavy atom. The van der Waals surface area contributed by atoms with Gasteiger partial charge in [-0.2, -0.15) is 21.9 Å². The highest BCUT2D eigenvalue weighted by Gasteiger charge is 2.31. The molecule has 6 aromatic carbocycles. The molecule has 0 bridgehead atoms. The molecule has 1 heterocycles. The number of fused-ring (bicyclic) bond motifs is 2. The van der Waals surface area contributed by atoms with Gasteiger partial charge in [-0.05, 0) is 45.0 Å². The predicted molar refractivity (Wildman–Crippen MR) is 211 cm³/mol. The molecule has 240 valence electrons. The maximum Gasteiger partial charge on any atom is 0.195 e. The van der Waals surface area contributed by atoms with Crippen molar-refractivity contribution in [3.8, 4) is 0 Å². The second kappa shape index (κ2) is 14.6. The monoisotopic (exact) mass is 645 g/mol. The molecule has 0 radical (unpaired) electrons. The van der Waals surface area contributed by atoms with E-state index in [0.717, 1.165) is 37.7 Å². The summed E-state index contributed by atoms with van der Waals surface area (Å²) in [5.41, 5.74) is 6.77. The van der Waals surface area contributed by atoms with Crippen LogP contribution in [0.15, 0.2) is 169 Å². The van der Waals surface area contributed by atoms with Gasteiger partial charge < -0.3 is 4.48 Å². The van der Waals surface area contributed by atoms with Gasteiger partial charge in [-0.1, -0.05) is 140 Å². The minimum Gasteiger partial charge on any atom is -0.321 e. The Morgan fingerprint density at radius 3 is 1.38 bits per heavy atom. The summed E-state index contributed by atoms with van der Waals surface area (Å²) in [6, 6.07) is 58.2. The van der Waals surface area contributed by atoms with E-state index >= 15 is 0 Å². The van der Waals surface area contributed by atoms with Gasteiger partial charge in [0.05, 0.1) is 20.1 Å². The first kappa shape index (κ1) is 33.1. The van der Waals surface area contributed by atoms with Crippen molar-refractivity contribution in [2.75, 3.05) is 20.1 Å². The molecule has 1 unspecified atom stereocenters. The van der Waals surface area contributed by atoms with Crippen LogP contribution in [0, 0.1) is 0 Å². The minimum atomic E-state index is -1.22. The van der Waals surface area contributed by atoms with Gasteiger partial charge in [-0.15, -0.1) is 11.3 Å². The van der Waals surface area contributed by atoms with Gasteiger partial charge >= 0.3 is 0 Å². The van der Waals surface area contributed by atoms with E-state index in [0.29, 0.717) is 6.04 Å². The van der Waals surface area contributed by atoms with E-state index in [2.05, 4.69) is 167 Å². The summed E-state index contributed by atoms with van der Waals surface area (Å²) in [5.74, 6) is 0. The van der Waals surface area contributed by atoms with Gasteiger partial charge in [0, 0.05) is 25.7 Å². The molecule has 1 aromatic heterocycles. The zero-order valence-electron chi connectivity index (χ0n) is 28.4. The zero-order chi connectivity index (χ0) is 33.6. The largest absolute Gasteiger partial charge is 0.321 e. The van der Waals surface area contributed by atoms with E-state index in [1.807, 2.05) is 24.3 Å². The lowest BCUT2D eigenvalue weighted by Crippen LogP contribution is -2.74. The highest BCUT2D eigenvalue weighted by molar-refractivity contribution is 7.24.